The number of carbonyl (C=O) groups is 5. The van der Waals surface area contributed by atoms with Crippen LogP contribution < -0.4 is 10.7 Å². The Morgan fingerprint density at radius 3 is 2.54 bits per heavy atom. The number of hydrogen-bond acceptors (Lipinski definition) is 12. The molecule has 6 bridgehead atoms. The van der Waals surface area contributed by atoms with Crippen molar-refractivity contribution in [2.75, 3.05) is 67.7 Å². The summed E-state index contributed by atoms with van der Waals surface area (Å²) in [7, 11) is 6.37. The van der Waals surface area contributed by atoms with Gasteiger partial charge in [-0.15, -0.1) is 0 Å². The van der Waals surface area contributed by atoms with Gasteiger partial charge in [-0.25, -0.2) is 5.43 Å². The Hall–Kier alpha value is -5.88. The van der Waals surface area contributed by atoms with Crippen LogP contribution in [0.2, 0.25) is 0 Å². The lowest BCUT2D eigenvalue weighted by atomic mass is 9.84. The number of fused-ring (bicyclic) bond motifs is 6. The number of nitrogens with one attached hydrogen (secondary N) is 2. The van der Waals surface area contributed by atoms with E-state index in [0.29, 0.717) is 56.6 Å². The lowest BCUT2D eigenvalue weighted by Gasteiger charge is -2.37. The number of amides is 4. The minimum absolute atomic E-state index is 0.0211. The summed E-state index contributed by atoms with van der Waals surface area (Å²) in [6.45, 7) is 14.3. The average Bonchev–Trinajstić information content (AvgIpc) is 4.05. The predicted octanol–water partition coefficient (Wildman–Crippen LogP) is 4.72. The SMILES string of the molecule is CCn1c(-c2cccnc2[C@H](C)OC)c2c3cc(ccc31)-c1cc(O)cc(c1)C[C@H](NC(=O)[C@H](C(C)C)N(C)C(=O)CN(C)C(=O)C1CN1CCOC)C(=O)N1CCC[C@H](N1)C(=O)OCC(C)(C)C2. The monoisotopic (exact) mass is 951 g/mol. The molecule has 2 aromatic carbocycles. The van der Waals surface area contributed by atoms with Crippen molar-refractivity contribution in [3.8, 4) is 28.1 Å². The molecule has 17 nitrogen and oxygen atoms in total. The zero-order valence-electron chi connectivity index (χ0n) is 41.8. The molecular weight excluding hydrogens is 881 g/mol. The molecule has 372 valence electrons. The van der Waals surface area contributed by atoms with Crippen LogP contribution in [0.1, 0.15) is 77.3 Å². The van der Waals surface area contributed by atoms with Crippen molar-refractivity contribution in [2.45, 2.75) is 104 Å². The van der Waals surface area contributed by atoms with E-state index in [1.807, 2.05) is 43.9 Å². The molecule has 0 spiro atoms. The summed E-state index contributed by atoms with van der Waals surface area (Å²) >= 11 is 0. The molecule has 4 amide bonds. The second kappa shape index (κ2) is 21.4. The first kappa shape index (κ1) is 51.0. The van der Waals surface area contributed by atoms with Crippen LogP contribution in [0.15, 0.2) is 54.7 Å². The molecule has 6 atom stereocenters. The number of phenolic OH excluding ortho intramolecular Hbond substituents is 1. The number of aromatic hydroxyl groups is 1. The molecule has 3 aliphatic rings. The summed E-state index contributed by atoms with van der Waals surface area (Å²) in [6.07, 6.45) is 2.92. The fourth-order valence-electron chi connectivity index (χ4n) is 9.92. The van der Waals surface area contributed by atoms with Crippen LogP contribution in [0.4, 0.5) is 0 Å². The summed E-state index contributed by atoms with van der Waals surface area (Å²) < 4.78 is 19.3. The second-order valence-corrected chi connectivity index (χ2v) is 19.9. The number of cyclic esters (lactones) is 1. The molecule has 2 saturated heterocycles. The fourth-order valence-corrected chi connectivity index (χ4v) is 9.92. The van der Waals surface area contributed by atoms with E-state index >= 15 is 0 Å². The molecular formula is C52H70N8O9. The molecule has 7 rings (SSSR count). The Morgan fingerprint density at radius 1 is 1.06 bits per heavy atom. The average molecular weight is 951 g/mol. The van der Waals surface area contributed by atoms with Crippen molar-refractivity contribution in [3.63, 3.8) is 0 Å². The number of carbonyl (C=O) groups excluding carboxylic acids is 5. The van der Waals surface area contributed by atoms with E-state index in [1.165, 1.54) is 21.9 Å². The maximum atomic E-state index is 14.7. The number of nitrogens with zero attached hydrogens (tertiary/aromatic N) is 6. The number of pyridine rings is 1. The third-order valence-corrected chi connectivity index (χ3v) is 13.7. The van der Waals surface area contributed by atoms with Gasteiger partial charge in [0, 0.05) is 89.0 Å². The molecule has 5 heterocycles. The summed E-state index contributed by atoms with van der Waals surface area (Å²) in [5, 5.41) is 16.7. The molecule has 2 aromatic heterocycles. The van der Waals surface area contributed by atoms with Crippen LogP contribution >= 0.6 is 0 Å². The largest absolute Gasteiger partial charge is 0.508 e. The van der Waals surface area contributed by atoms with Gasteiger partial charge in [0.15, 0.2) is 0 Å². The van der Waals surface area contributed by atoms with Gasteiger partial charge in [-0.05, 0) is 97.7 Å². The molecule has 3 aliphatic heterocycles. The summed E-state index contributed by atoms with van der Waals surface area (Å²) in [5.74, 6) is -2.58. The summed E-state index contributed by atoms with van der Waals surface area (Å²) in [4.78, 5) is 79.7. The fraction of sp³-hybridized carbons (Fsp3) is 0.538. The highest BCUT2D eigenvalue weighted by Crippen LogP contribution is 2.42. The van der Waals surface area contributed by atoms with Crippen molar-refractivity contribution in [1.82, 2.24) is 40.0 Å². The topological polar surface area (TPSA) is 188 Å². The Kier molecular flexibility index (Phi) is 15.8. The van der Waals surface area contributed by atoms with Gasteiger partial charge in [0.25, 0.3) is 5.91 Å². The van der Waals surface area contributed by atoms with Crippen LogP contribution in [0.25, 0.3) is 33.3 Å². The van der Waals surface area contributed by atoms with E-state index in [4.69, 9.17) is 19.2 Å². The number of hydrazine groups is 1. The third-order valence-electron chi connectivity index (χ3n) is 13.7. The number of aromatic nitrogens is 2. The number of aryl methyl sites for hydroxylation is 1. The zero-order valence-corrected chi connectivity index (χ0v) is 41.8. The molecule has 0 saturated carbocycles. The van der Waals surface area contributed by atoms with Crippen LogP contribution in [-0.4, -0.2) is 156 Å². The molecule has 4 aromatic rings. The normalized spacial score (nSPS) is 21.3. The van der Waals surface area contributed by atoms with Gasteiger partial charge in [0.1, 0.15) is 29.9 Å². The van der Waals surface area contributed by atoms with Gasteiger partial charge in [0.05, 0.1) is 37.3 Å². The van der Waals surface area contributed by atoms with E-state index in [9.17, 15) is 29.1 Å². The molecule has 3 N–H and O–H groups in total. The van der Waals surface area contributed by atoms with Gasteiger partial charge in [-0.1, -0.05) is 39.8 Å². The Labute approximate surface area is 405 Å². The molecule has 2 unspecified atom stereocenters. The third kappa shape index (κ3) is 11.3. The highest BCUT2D eigenvalue weighted by atomic mass is 16.5. The van der Waals surface area contributed by atoms with Gasteiger partial charge in [-0.2, -0.15) is 0 Å². The zero-order chi connectivity index (χ0) is 49.9. The highest BCUT2D eigenvalue weighted by molar-refractivity contribution is 5.96. The van der Waals surface area contributed by atoms with E-state index in [2.05, 4.69) is 54.3 Å². The first-order valence-electron chi connectivity index (χ1n) is 24.1. The van der Waals surface area contributed by atoms with Crippen LogP contribution in [0.5, 0.6) is 5.75 Å². The van der Waals surface area contributed by atoms with Gasteiger partial charge < -0.3 is 39.0 Å². The predicted molar refractivity (Wildman–Crippen MR) is 262 cm³/mol. The maximum Gasteiger partial charge on any atom is 0.324 e. The van der Waals surface area contributed by atoms with Crippen molar-refractivity contribution in [2.24, 2.45) is 11.3 Å². The number of hydrogen-bond donors (Lipinski definition) is 3. The van der Waals surface area contributed by atoms with Gasteiger partial charge >= 0.3 is 5.97 Å². The van der Waals surface area contributed by atoms with E-state index in [0.717, 1.165) is 39.0 Å². The standard InChI is InChI=1S/C52H70N8O9/c1-11-59-42-17-16-34-26-38(42)39(47(59)37-14-12-18-53-45(37)32(4)68-10)27-52(5,6)30-69-51(66)40-15-13-19-60(55-40)49(64)41(24-33-22-35(34)25-36(61)23-33)54-48(63)46(31(2)3)57(8)44(62)29-56(7)50(65)43-28-58(43)20-21-67-9/h12,14,16-18,22-23,25-26,31-32,40-41,43,46,55,61H,11,13,15,19-21,24,27-30H2,1-10H3,(H,54,63)/t32-,40-,41-,43?,46-,58?/m0/s1. The lowest BCUT2D eigenvalue weighted by Crippen LogP contribution is -2.62. The second-order valence-electron chi connectivity index (χ2n) is 19.9. The van der Waals surface area contributed by atoms with Crippen LogP contribution in [0, 0.1) is 11.3 Å². The Balaban J connectivity index is 1.26. The van der Waals surface area contributed by atoms with Crippen molar-refractivity contribution >= 4 is 40.5 Å². The number of methoxy groups -OCH3 is 2. The van der Waals surface area contributed by atoms with E-state index in [-0.39, 0.29) is 55.8 Å². The van der Waals surface area contributed by atoms with Gasteiger partial charge in [0.2, 0.25) is 17.7 Å². The molecule has 0 aliphatic carbocycles. The first-order valence-corrected chi connectivity index (χ1v) is 24.1. The molecule has 17 heteroatoms. The highest BCUT2D eigenvalue weighted by Gasteiger charge is 2.43. The van der Waals surface area contributed by atoms with Crippen LogP contribution in [0.3, 0.4) is 0 Å². The molecule has 2 fully saturated rings. The number of esters is 1. The molecule has 69 heavy (non-hydrogen) atoms. The van der Waals surface area contributed by atoms with E-state index in [1.54, 1.807) is 39.6 Å². The van der Waals surface area contributed by atoms with Crippen molar-refractivity contribution < 1.29 is 43.3 Å². The summed E-state index contributed by atoms with van der Waals surface area (Å²) in [5.41, 5.74) is 9.47. The van der Waals surface area contributed by atoms with Gasteiger partial charge in [-0.3, -0.25) is 38.9 Å². The maximum absolute atomic E-state index is 14.7. The number of benzene rings is 2. The number of rotatable bonds is 14. The minimum atomic E-state index is -1.19. The van der Waals surface area contributed by atoms with Crippen LogP contribution in [-0.2, 0) is 57.6 Å². The minimum Gasteiger partial charge on any atom is -0.508 e. The number of ether oxygens (including phenoxy) is 3. The van der Waals surface area contributed by atoms with E-state index < -0.39 is 47.2 Å². The number of likely N-dealkylation sites (N-methyl/N-ethyl adjacent to an activating group) is 2. The lowest BCUT2D eigenvalue weighted by molar-refractivity contribution is -0.155. The van der Waals surface area contributed by atoms with Crippen molar-refractivity contribution in [1.29, 1.82) is 0 Å². The molecule has 0 radical (unpaired) electrons. The Bertz CT molecular complexity index is 2560. The smallest absolute Gasteiger partial charge is 0.324 e. The first-order chi connectivity index (χ1) is 32.9. The quantitative estimate of drug-likeness (QED) is 0.117. The number of phenols is 1. The summed E-state index contributed by atoms with van der Waals surface area (Å²) in [6, 6.07) is 12.1. The Morgan fingerprint density at radius 2 is 1.83 bits per heavy atom. The van der Waals surface area contributed by atoms with Crippen molar-refractivity contribution in [3.05, 3.63) is 71.5 Å².